The summed E-state index contributed by atoms with van der Waals surface area (Å²) < 4.78 is 46.5. The van der Waals surface area contributed by atoms with Gasteiger partial charge in [-0.3, -0.25) is 0 Å². The van der Waals surface area contributed by atoms with Gasteiger partial charge in [-0.2, -0.15) is 0 Å². The third-order valence-corrected chi connectivity index (χ3v) is 9.99. The van der Waals surface area contributed by atoms with Crippen molar-refractivity contribution in [2.24, 2.45) is 11.3 Å². The van der Waals surface area contributed by atoms with Crippen LogP contribution in [-0.4, -0.2) is 50.5 Å². The fourth-order valence-corrected chi connectivity index (χ4v) is 7.88. The number of sulfone groups is 2. The first-order valence-corrected chi connectivity index (χ1v) is 12.6. The first-order chi connectivity index (χ1) is 9.20. The van der Waals surface area contributed by atoms with Crippen LogP contribution < -0.4 is 0 Å². The molecule has 0 amide bonds. The zero-order chi connectivity index (χ0) is 15.4. The van der Waals surface area contributed by atoms with E-state index >= 15 is 0 Å². The second-order valence-electron chi connectivity index (χ2n) is 5.57. The lowest BCUT2D eigenvalue weighted by molar-refractivity contribution is 0.233. The van der Waals surface area contributed by atoms with E-state index < -0.39 is 19.7 Å². The molecule has 1 saturated heterocycles. The van der Waals surface area contributed by atoms with Crippen LogP contribution in [0.3, 0.4) is 0 Å². The smallest absolute Gasteiger partial charge is 0.150 e. The molecule has 1 atom stereocenters. The fourth-order valence-electron chi connectivity index (χ4n) is 2.66. The quantitative estimate of drug-likeness (QED) is 0.529. The summed E-state index contributed by atoms with van der Waals surface area (Å²) in [4.78, 5) is 0. The second-order valence-corrected chi connectivity index (χ2v) is 11.4. The Balaban J connectivity index is 2.73. The third kappa shape index (κ3) is 4.95. The molecular formula is C12H22Br2O4S2. The van der Waals surface area contributed by atoms with Crippen LogP contribution in [0.1, 0.15) is 26.2 Å². The average molecular weight is 454 g/mol. The maximum atomic E-state index is 11.7. The lowest BCUT2D eigenvalue weighted by Gasteiger charge is -2.35. The Morgan fingerprint density at radius 2 is 1.85 bits per heavy atom. The molecule has 0 saturated carbocycles. The Morgan fingerprint density at radius 1 is 1.25 bits per heavy atom. The van der Waals surface area contributed by atoms with Crippen molar-refractivity contribution in [2.45, 2.75) is 26.2 Å². The third-order valence-electron chi connectivity index (χ3n) is 4.20. The van der Waals surface area contributed by atoms with Crippen molar-refractivity contribution >= 4 is 51.5 Å². The molecule has 4 nitrogen and oxygen atoms in total. The van der Waals surface area contributed by atoms with Gasteiger partial charge >= 0.3 is 0 Å². The summed E-state index contributed by atoms with van der Waals surface area (Å²) >= 11 is 7.01. The van der Waals surface area contributed by atoms with Gasteiger partial charge in [-0.25, -0.2) is 16.8 Å². The van der Waals surface area contributed by atoms with Gasteiger partial charge in [0.15, 0.2) is 9.84 Å². The molecule has 0 radical (unpaired) electrons. The molecule has 0 aliphatic carbocycles. The van der Waals surface area contributed by atoms with Crippen LogP contribution in [0.25, 0.3) is 0 Å². The molecule has 0 aromatic carbocycles. The Hall–Kier alpha value is 0.860. The van der Waals surface area contributed by atoms with Crippen molar-refractivity contribution in [2.75, 3.05) is 33.7 Å². The Kier molecular flexibility index (Phi) is 7.01. The first kappa shape index (κ1) is 18.9. The molecule has 0 aromatic heterocycles. The highest BCUT2D eigenvalue weighted by atomic mass is 79.9. The molecule has 20 heavy (non-hydrogen) atoms. The van der Waals surface area contributed by atoms with Crippen molar-refractivity contribution in [3.05, 3.63) is 0 Å². The largest absolute Gasteiger partial charge is 0.229 e. The van der Waals surface area contributed by atoms with Gasteiger partial charge in [0.1, 0.15) is 9.84 Å². The highest BCUT2D eigenvalue weighted by Crippen LogP contribution is 2.42. The van der Waals surface area contributed by atoms with E-state index in [1.54, 1.807) is 6.92 Å². The van der Waals surface area contributed by atoms with Gasteiger partial charge < -0.3 is 0 Å². The minimum atomic E-state index is -2.95. The lowest BCUT2D eigenvalue weighted by Crippen LogP contribution is -2.35. The molecule has 1 fully saturated rings. The van der Waals surface area contributed by atoms with Gasteiger partial charge in [0.2, 0.25) is 0 Å². The minimum Gasteiger partial charge on any atom is -0.229 e. The van der Waals surface area contributed by atoms with Crippen LogP contribution in [0, 0.1) is 11.3 Å². The zero-order valence-corrected chi connectivity index (χ0v) is 16.5. The van der Waals surface area contributed by atoms with Crippen molar-refractivity contribution in [3.8, 4) is 0 Å². The van der Waals surface area contributed by atoms with Gasteiger partial charge in [-0.05, 0) is 30.6 Å². The molecular weight excluding hydrogens is 432 g/mol. The summed E-state index contributed by atoms with van der Waals surface area (Å²) in [6.45, 7) is 1.65. The molecule has 120 valence electrons. The molecule has 1 unspecified atom stereocenters. The van der Waals surface area contributed by atoms with Crippen LogP contribution in [0.2, 0.25) is 0 Å². The summed E-state index contributed by atoms with van der Waals surface area (Å²) in [6, 6.07) is 0. The molecule has 0 aromatic rings. The Labute approximate surface area is 139 Å². The van der Waals surface area contributed by atoms with Gasteiger partial charge in [-0.1, -0.05) is 38.8 Å². The van der Waals surface area contributed by atoms with Gasteiger partial charge in [-0.15, -0.1) is 0 Å². The summed E-state index contributed by atoms with van der Waals surface area (Å²) in [7, 11) is -5.87. The minimum absolute atomic E-state index is 0.107. The predicted octanol–water partition coefficient (Wildman–Crippen LogP) is 2.41. The molecule has 1 heterocycles. The topological polar surface area (TPSA) is 68.3 Å². The normalized spacial score (nSPS) is 23.1. The molecule has 0 spiro atoms. The van der Waals surface area contributed by atoms with E-state index in [0.29, 0.717) is 23.5 Å². The van der Waals surface area contributed by atoms with Crippen molar-refractivity contribution in [1.29, 1.82) is 0 Å². The van der Waals surface area contributed by atoms with Crippen LogP contribution >= 0.6 is 31.9 Å². The molecule has 1 aliphatic rings. The number of alkyl halides is 2. The van der Waals surface area contributed by atoms with Crippen molar-refractivity contribution < 1.29 is 16.8 Å². The maximum absolute atomic E-state index is 11.7. The first-order valence-electron chi connectivity index (χ1n) is 6.73. The van der Waals surface area contributed by atoms with Crippen molar-refractivity contribution in [3.63, 3.8) is 0 Å². The Morgan fingerprint density at radius 3 is 2.25 bits per heavy atom. The van der Waals surface area contributed by atoms with Crippen molar-refractivity contribution in [1.82, 2.24) is 0 Å². The van der Waals surface area contributed by atoms with Crippen LogP contribution in [0.4, 0.5) is 0 Å². The second kappa shape index (κ2) is 7.42. The monoisotopic (exact) mass is 452 g/mol. The maximum Gasteiger partial charge on any atom is 0.150 e. The van der Waals surface area contributed by atoms with E-state index in [2.05, 4.69) is 31.9 Å². The number of rotatable bonds is 8. The summed E-state index contributed by atoms with van der Waals surface area (Å²) in [5.74, 6) is 0.943. The van der Waals surface area contributed by atoms with E-state index in [1.165, 1.54) is 0 Å². The van der Waals surface area contributed by atoms with E-state index in [4.69, 9.17) is 0 Å². The fraction of sp³-hybridized carbons (Fsp3) is 1.00. The van der Waals surface area contributed by atoms with E-state index in [9.17, 15) is 16.8 Å². The SMILES string of the molecule is CCS(=O)(=O)CCCC(CBr)(CBr)C1CCS(=O)(=O)C1. The standard InChI is InChI=1S/C12H22Br2O4S2/c1-2-19(15,16)6-3-5-12(9-13,10-14)11-4-7-20(17,18)8-11/h11H,2-10H2,1H3. The van der Waals surface area contributed by atoms with Crippen LogP contribution in [0.5, 0.6) is 0 Å². The number of halogens is 2. The van der Waals surface area contributed by atoms with E-state index in [-0.39, 0.29) is 34.3 Å². The average Bonchev–Trinajstić information content (AvgIpc) is 2.76. The number of hydrogen-bond acceptors (Lipinski definition) is 4. The number of hydrogen-bond donors (Lipinski definition) is 0. The van der Waals surface area contributed by atoms with Crippen LogP contribution in [-0.2, 0) is 19.7 Å². The highest BCUT2D eigenvalue weighted by molar-refractivity contribution is 9.09. The summed E-state index contributed by atoms with van der Waals surface area (Å²) in [5.41, 5.74) is -0.174. The predicted molar refractivity (Wildman–Crippen MR) is 90.3 cm³/mol. The lowest BCUT2D eigenvalue weighted by atomic mass is 9.75. The van der Waals surface area contributed by atoms with Crippen LogP contribution in [0.15, 0.2) is 0 Å². The highest BCUT2D eigenvalue weighted by Gasteiger charge is 2.43. The molecule has 0 bridgehead atoms. The van der Waals surface area contributed by atoms with Gasteiger partial charge in [0.05, 0.1) is 17.3 Å². The van der Waals surface area contributed by atoms with E-state index in [0.717, 1.165) is 6.42 Å². The molecule has 1 rings (SSSR count). The van der Waals surface area contributed by atoms with E-state index in [1.807, 2.05) is 0 Å². The Bertz CT molecular complexity index is 510. The molecule has 0 N–H and O–H groups in total. The summed E-state index contributed by atoms with van der Waals surface area (Å²) in [6.07, 6.45) is 1.99. The zero-order valence-electron chi connectivity index (χ0n) is 11.6. The summed E-state index contributed by atoms with van der Waals surface area (Å²) in [5, 5.41) is 1.38. The molecule has 1 aliphatic heterocycles. The molecule has 8 heteroatoms. The van der Waals surface area contributed by atoms with Gasteiger partial charge in [0, 0.05) is 16.4 Å². The van der Waals surface area contributed by atoms with Gasteiger partial charge in [0.25, 0.3) is 0 Å².